The molecule has 7 heteroatoms. The van der Waals surface area contributed by atoms with Crippen molar-refractivity contribution in [2.45, 2.75) is 39.7 Å². The Labute approximate surface area is 203 Å². The van der Waals surface area contributed by atoms with E-state index in [9.17, 15) is 9.59 Å². The van der Waals surface area contributed by atoms with Gasteiger partial charge in [-0.2, -0.15) is 0 Å². The molecule has 2 aromatic carbocycles. The molecule has 1 unspecified atom stereocenters. The van der Waals surface area contributed by atoms with E-state index in [1.807, 2.05) is 18.2 Å². The SMILES string of the molecule is [C-]#[N+]/C=C/c1ccc2c(c1)NC1=C(C(=O)CC(C)(C)C1)C(c1ccc(Cl)cc1Cl)N2C(C)=O. The number of hydrogen-bond donors (Lipinski definition) is 1. The molecule has 2 aromatic rings. The van der Waals surface area contributed by atoms with Crippen LogP contribution in [-0.4, -0.2) is 11.7 Å². The Bertz CT molecular complexity index is 1270. The van der Waals surface area contributed by atoms with Gasteiger partial charge in [-0.1, -0.05) is 55.3 Å². The number of halogens is 2. The van der Waals surface area contributed by atoms with Crippen LogP contribution in [0.15, 0.2) is 53.9 Å². The zero-order chi connectivity index (χ0) is 23.9. The molecule has 0 aromatic heterocycles. The molecule has 33 heavy (non-hydrogen) atoms. The summed E-state index contributed by atoms with van der Waals surface area (Å²) < 4.78 is 0. The molecule has 168 valence electrons. The topological polar surface area (TPSA) is 53.8 Å². The van der Waals surface area contributed by atoms with Crippen molar-refractivity contribution in [3.8, 4) is 0 Å². The van der Waals surface area contributed by atoms with E-state index in [4.69, 9.17) is 29.8 Å². The molecule has 0 radical (unpaired) electrons. The maximum absolute atomic E-state index is 13.5. The molecule has 0 spiro atoms. The smallest absolute Gasteiger partial charge is 0.224 e. The lowest BCUT2D eigenvalue weighted by Crippen LogP contribution is -2.38. The van der Waals surface area contributed by atoms with Crippen LogP contribution in [0.2, 0.25) is 10.0 Å². The van der Waals surface area contributed by atoms with Crippen molar-refractivity contribution in [1.29, 1.82) is 0 Å². The summed E-state index contributed by atoms with van der Waals surface area (Å²) in [7, 11) is 0. The van der Waals surface area contributed by atoms with Crippen molar-refractivity contribution in [1.82, 2.24) is 0 Å². The lowest BCUT2D eigenvalue weighted by atomic mass is 9.73. The van der Waals surface area contributed by atoms with E-state index in [0.717, 1.165) is 11.3 Å². The minimum Gasteiger partial charge on any atom is -0.357 e. The molecule has 5 nitrogen and oxygen atoms in total. The highest BCUT2D eigenvalue weighted by atomic mass is 35.5. The minimum absolute atomic E-state index is 0.0167. The first-order chi connectivity index (χ1) is 15.6. The van der Waals surface area contributed by atoms with Crippen LogP contribution in [0.1, 0.15) is 50.8 Å². The number of ketones is 1. The molecule has 1 aliphatic carbocycles. The number of allylic oxidation sites excluding steroid dienone is 1. The number of nitrogens with one attached hydrogen (secondary N) is 1. The molecule has 1 heterocycles. The van der Waals surface area contributed by atoms with Crippen molar-refractivity contribution in [2.75, 3.05) is 10.2 Å². The summed E-state index contributed by atoms with van der Waals surface area (Å²) in [6.07, 6.45) is 4.10. The molecule has 1 amide bonds. The van der Waals surface area contributed by atoms with Gasteiger partial charge in [-0.3, -0.25) is 14.5 Å². The number of carbonyl (C=O) groups excluding carboxylic acids is 2. The molecule has 0 saturated heterocycles. The van der Waals surface area contributed by atoms with Gasteiger partial charge in [-0.25, -0.2) is 4.85 Å². The monoisotopic (exact) mass is 479 g/mol. The van der Waals surface area contributed by atoms with Crippen LogP contribution in [0.4, 0.5) is 11.4 Å². The van der Waals surface area contributed by atoms with Crippen LogP contribution < -0.4 is 10.2 Å². The zero-order valence-corrected chi connectivity index (χ0v) is 20.1. The first-order valence-corrected chi connectivity index (χ1v) is 11.3. The standard InChI is InChI=1S/C26H23Cl2N3O2/c1-15(32)31-22-8-5-16(9-10-29-4)11-20(22)30-21-13-26(2,3)14-23(33)24(21)25(31)18-7-6-17(27)12-19(18)28/h5-12,25,30H,13-14H2,1-3H3/b10-9+. The summed E-state index contributed by atoms with van der Waals surface area (Å²) >= 11 is 12.8. The molecule has 0 fully saturated rings. The largest absolute Gasteiger partial charge is 0.357 e. The number of hydrogen-bond acceptors (Lipinski definition) is 3. The predicted molar refractivity (Wildman–Crippen MR) is 133 cm³/mol. The van der Waals surface area contributed by atoms with Crippen molar-refractivity contribution >= 4 is 52.3 Å². The van der Waals surface area contributed by atoms with Gasteiger partial charge in [0.1, 0.15) is 0 Å². The van der Waals surface area contributed by atoms with Gasteiger partial charge in [0.15, 0.2) is 12.0 Å². The molecule has 1 aliphatic heterocycles. The first kappa shape index (κ1) is 23.1. The summed E-state index contributed by atoms with van der Waals surface area (Å²) in [6.45, 7) is 12.6. The summed E-state index contributed by atoms with van der Waals surface area (Å²) in [5.41, 5.74) is 3.88. The Morgan fingerprint density at radius 2 is 1.97 bits per heavy atom. The summed E-state index contributed by atoms with van der Waals surface area (Å²) in [6, 6.07) is 10.00. The third-order valence-electron chi connectivity index (χ3n) is 5.96. The quantitative estimate of drug-likeness (QED) is 0.469. The Balaban J connectivity index is 2.02. The molecular formula is C26H23Cl2N3O2. The molecule has 1 atom stereocenters. The van der Waals surface area contributed by atoms with E-state index < -0.39 is 6.04 Å². The first-order valence-electron chi connectivity index (χ1n) is 10.6. The van der Waals surface area contributed by atoms with Crippen molar-refractivity contribution in [2.24, 2.45) is 5.41 Å². The Morgan fingerprint density at radius 1 is 1.21 bits per heavy atom. The van der Waals surface area contributed by atoms with E-state index >= 15 is 0 Å². The number of benzene rings is 2. The fraction of sp³-hybridized carbons (Fsp3) is 0.269. The number of Topliss-reactive ketones (excluding diaryl/α,β-unsaturated/α-hetero) is 1. The van der Waals surface area contributed by atoms with E-state index in [1.165, 1.54) is 13.1 Å². The van der Waals surface area contributed by atoms with Gasteiger partial charge in [0.05, 0.1) is 24.0 Å². The number of carbonyl (C=O) groups is 2. The highest BCUT2D eigenvalue weighted by Gasteiger charge is 2.43. The number of amides is 1. The highest BCUT2D eigenvalue weighted by Crippen LogP contribution is 2.49. The van der Waals surface area contributed by atoms with Gasteiger partial charge in [0.25, 0.3) is 0 Å². The molecular weight excluding hydrogens is 457 g/mol. The van der Waals surface area contributed by atoms with Gasteiger partial charge in [-0.05, 0) is 47.2 Å². The van der Waals surface area contributed by atoms with Gasteiger partial charge in [0.2, 0.25) is 5.91 Å². The highest BCUT2D eigenvalue weighted by molar-refractivity contribution is 6.35. The number of nitrogens with zero attached hydrogens (tertiary/aromatic N) is 2. The average molecular weight is 480 g/mol. The minimum atomic E-state index is -0.691. The van der Waals surface area contributed by atoms with Crippen LogP contribution in [0.3, 0.4) is 0 Å². The van der Waals surface area contributed by atoms with Gasteiger partial charge >= 0.3 is 0 Å². The van der Waals surface area contributed by atoms with Gasteiger partial charge in [0, 0.05) is 34.7 Å². The van der Waals surface area contributed by atoms with Crippen LogP contribution in [-0.2, 0) is 9.59 Å². The lowest BCUT2D eigenvalue weighted by molar-refractivity contribution is -0.118. The predicted octanol–water partition coefficient (Wildman–Crippen LogP) is 7.05. The second-order valence-corrected chi connectivity index (χ2v) is 9.98. The second kappa shape index (κ2) is 8.70. The van der Waals surface area contributed by atoms with Crippen LogP contribution in [0.25, 0.3) is 10.9 Å². The van der Waals surface area contributed by atoms with Gasteiger partial charge in [-0.15, -0.1) is 0 Å². The Hall–Kier alpha value is -3.07. The molecule has 4 rings (SSSR count). The van der Waals surface area contributed by atoms with E-state index in [1.54, 1.807) is 29.2 Å². The van der Waals surface area contributed by atoms with Crippen molar-refractivity contribution in [3.05, 3.63) is 86.5 Å². The van der Waals surface area contributed by atoms with E-state index in [0.29, 0.717) is 45.4 Å². The number of anilines is 2. The summed E-state index contributed by atoms with van der Waals surface area (Å²) in [5, 5.41) is 4.33. The van der Waals surface area contributed by atoms with Crippen LogP contribution in [0.5, 0.6) is 0 Å². The maximum Gasteiger partial charge on any atom is 0.224 e. The molecule has 0 saturated carbocycles. The summed E-state index contributed by atoms with van der Waals surface area (Å²) in [4.78, 5) is 31.5. The lowest BCUT2D eigenvalue weighted by Gasteiger charge is -2.37. The Morgan fingerprint density at radius 3 is 2.64 bits per heavy atom. The normalized spacial score (nSPS) is 19.5. The maximum atomic E-state index is 13.5. The number of rotatable bonds is 2. The fourth-order valence-electron chi connectivity index (χ4n) is 4.65. The third kappa shape index (κ3) is 4.42. The number of fused-ring (bicyclic) bond motifs is 1. The fourth-order valence-corrected chi connectivity index (χ4v) is 5.17. The van der Waals surface area contributed by atoms with Crippen LogP contribution in [0, 0.1) is 12.0 Å². The second-order valence-electron chi connectivity index (χ2n) is 9.14. The van der Waals surface area contributed by atoms with Crippen molar-refractivity contribution in [3.63, 3.8) is 0 Å². The van der Waals surface area contributed by atoms with E-state index in [2.05, 4.69) is 24.0 Å². The Kier molecular flexibility index (Phi) is 6.09. The van der Waals surface area contributed by atoms with Gasteiger partial charge < -0.3 is 5.32 Å². The molecule has 1 N–H and O–H groups in total. The van der Waals surface area contributed by atoms with Crippen molar-refractivity contribution < 1.29 is 9.59 Å². The third-order valence-corrected chi connectivity index (χ3v) is 6.52. The average Bonchev–Trinajstić information content (AvgIpc) is 2.85. The summed E-state index contributed by atoms with van der Waals surface area (Å²) in [5.74, 6) is -0.234. The molecule has 0 bridgehead atoms. The van der Waals surface area contributed by atoms with Crippen LogP contribution >= 0.6 is 23.2 Å². The zero-order valence-electron chi connectivity index (χ0n) is 18.6. The molecule has 2 aliphatic rings. The van der Waals surface area contributed by atoms with E-state index in [-0.39, 0.29) is 17.1 Å².